The lowest BCUT2D eigenvalue weighted by atomic mass is 10.0. The van der Waals surface area contributed by atoms with Crippen molar-refractivity contribution in [1.82, 2.24) is 0 Å². The van der Waals surface area contributed by atoms with Crippen LogP contribution >= 0.6 is 0 Å². The zero-order valence-electron chi connectivity index (χ0n) is 7.37. The van der Waals surface area contributed by atoms with E-state index in [2.05, 4.69) is 0 Å². The van der Waals surface area contributed by atoms with E-state index in [-0.39, 0.29) is 12.2 Å². The molecule has 1 aliphatic rings. The molecule has 4 heteroatoms. The molecule has 0 spiro atoms. The number of carbonyl (C=O) groups is 2. The molecule has 1 amide bonds. The fourth-order valence-electron chi connectivity index (χ4n) is 1.57. The van der Waals surface area contributed by atoms with Gasteiger partial charge in [-0.25, -0.2) is 4.39 Å². The molecule has 0 fully saturated rings. The Morgan fingerprint density at radius 3 is 2.93 bits per heavy atom. The third-order valence-corrected chi connectivity index (χ3v) is 2.28. The van der Waals surface area contributed by atoms with Crippen molar-refractivity contribution < 1.29 is 14.0 Å². The van der Waals surface area contributed by atoms with Crippen molar-refractivity contribution in [2.75, 3.05) is 11.4 Å². The highest BCUT2D eigenvalue weighted by atomic mass is 19.1. The van der Waals surface area contributed by atoms with Gasteiger partial charge in [0.2, 0.25) is 6.41 Å². The quantitative estimate of drug-likeness (QED) is 0.632. The van der Waals surface area contributed by atoms with Gasteiger partial charge in [0.1, 0.15) is 5.82 Å². The fourth-order valence-corrected chi connectivity index (χ4v) is 1.57. The summed E-state index contributed by atoms with van der Waals surface area (Å²) >= 11 is 0. The maximum atomic E-state index is 12.8. The van der Waals surface area contributed by atoms with E-state index in [0.717, 1.165) is 0 Å². The molecule has 0 atom stereocenters. The number of rotatable bonds is 1. The van der Waals surface area contributed by atoms with E-state index in [1.165, 1.54) is 23.1 Å². The molecular formula is C10H8FNO2. The topological polar surface area (TPSA) is 37.4 Å². The zero-order valence-corrected chi connectivity index (χ0v) is 7.37. The second kappa shape index (κ2) is 3.21. The van der Waals surface area contributed by atoms with Crippen LogP contribution in [0.1, 0.15) is 16.8 Å². The molecule has 3 nitrogen and oxygen atoms in total. The number of nitrogens with zero attached hydrogens (tertiary/aromatic N) is 1. The van der Waals surface area contributed by atoms with Gasteiger partial charge in [-0.3, -0.25) is 9.59 Å². The Hall–Kier alpha value is -1.71. The number of halogens is 1. The Kier molecular flexibility index (Phi) is 2.04. The Morgan fingerprint density at radius 1 is 1.43 bits per heavy atom. The van der Waals surface area contributed by atoms with Crippen molar-refractivity contribution in [1.29, 1.82) is 0 Å². The first-order chi connectivity index (χ1) is 6.72. The van der Waals surface area contributed by atoms with E-state index in [0.29, 0.717) is 24.2 Å². The summed E-state index contributed by atoms with van der Waals surface area (Å²) in [5.74, 6) is -0.567. The molecule has 0 aromatic heterocycles. The number of hydrogen-bond donors (Lipinski definition) is 0. The predicted octanol–water partition coefficient (Wildman–Crippen LogP) is 1.37. The maximum absolute atomic E-state index is 12.8. The van der Waals surface area contributed by atoms with Gasteiger partial charge >= 0.3 is 0 Å². The number of fused-ring (bicyclic) bond motifs is 1. The van der Waals surface area contributed by atoms with Crippen molar-refractivity contribution in [3.63, 3.8) is 0 Å². The highest BCUT2D eigenvalue weighted by molar-refractivity contribution is 6.05. The SMILES string of the molecule is O=CN1CCC(=O)c2cc(F)ccc21. The lowest BCUT2D eigenvalue weighted by Crippen LogP contribution is -2.30. The van der Waals surface area contributed by atoms with Crippen LogP contribution in [0, 0.1) is 5.82 Å². The Bertz CT molecular complexity index is 403. The molecular weight excluding hydrogens is 185 g/mol. The van der Waals surface area contributed by atoms with Crippen molar-refractivity contribution >= 4 is 17.9 Å². The smallest absolute Gasteiger partial charge is 0.214 e. The molecule has 14 heavy (non-hydrogen) atoms. The first-order valence-electron chi connectivity index (χ1n) is 4.27. The summed E-state index contributed by atoms with van der Waals surface area (Å²) in [6, 6.07) is 3.87. The molecule has 0 bridgehead atoms. The normalized spacial score (nSPS) is 15.2. The average Bonchev–Trinajstić information content (AvgIpc) is 2.19. The van der Waals surface area contributed by atoms with Crippen LogP contribution in [0.4, 0.5) is 10.1 Å². The minimum absolute atomic E-state index is 0.113. The molecule has 2 rings (SSSR count). The van der Waals surface area contributed by atoms with Crippen LogP contribution in [0.25, 0.3) is 0 Å². The number of carbonyl (C=O) groups excluding carboxylic acids is 2. The number of hydrogen-bond acceptors (Lipinski definition) is 2. The Balaban J connectivity index is 2.56. The summed E-state index contributed by atoms with van der Waals surface area (Å²) in [5.41, 5.74) is 0.793. The second-order valence-electron chi connectivity index (χ2n) is 3.13. The molecule has 0 saturated heterocycles. The van der Waals surface area contributed by atoms with E-state index in [1.54, 1.807) is 0 Å². The molecule has 0 N–H and O–H groups in total. The van der Waals surface area contributed by atoms with Gasteiger partial charge in [-0.2, -0.15) is 0 Å². The van der Waals surface area contributed by atoms with Crippen LogP contribution in [0.15, 0.2) is 18.2 Å². The summed E-state index contributed by atoms with van der Waals surface area (Å²) in [6.07, 6.45) is 0.915. The van der Waals surface area contributed by atoms with Gasteiger partial charge in [-0.1, -0.05) is 0 Å². The van der Waals surface area contributed by atoms with E-state index in [9.17, 15) is 14.0 Å². The highest BCUT2D eigenvalue weighted by Crippen LogP contribution is 2.26. The van der Waals surface area contributed by atoms with E-state index in [1.807, 2.05) is 0 Å². The first kappa shape index (κ1) is 8.87. The van der Waals surface area contributed by atoms with Crippen molar-refractivity contribution in [2.45, 2.75) is 6.42 Å². The lowest BCUT2D eigenvalue weighted by Gasteiger charge is -2.24. The van der Waals surface area contributed by atoms with Gasteiger partial charge in [-0.05, 0) is 18.2 Å². The number of ketones is 1. The second-order valence-corrected chi connectivity index (χ2v) is 3.13. The minimum Gasteiger partial charge on any atom is -0.314 e. The van der Waals surface area contributed by atoms with Crippen molar-refractivity contribution in [3.05, 3.63) is 29.6 Å². The van der Waals surface area contributed by atoms with Gasteiger partial charge in [-0.15, -0.1) is 0 Å². The number of anilines is 1. The molecule has 1 aromatic carbocycles. The van der Waals surface area contributed by atoms with Crippen LogP contribution in [0.5, 0.6) is 0 Å². The van der Waals surface area contributed by atoms with Gasteiger partial charge in [0.15, 0.2) is 5.78 Å². The molecule has 1 heterocycles. The fraction of sp³-hybridized carbons (Fsp3) is 0.200. The van der Waals surface area contributed by atoms with Crippen LogP contribution in [-0.4, -0.2) is 18.7 Å². The summed E-state index contributed by atoms with van der Waals surface area (Å²) in [5, 5.41) is 0. The van der Waals surface area contributed by atoms with E-state index >= 15 is 0 Å². The zero-order chi connectivity index (χ0) is 10.1. The summed E-state index contributed by atoms with van der Waals surface area (Å²) in [7, 11) is 0. The van der Waals surface area contributed by atoms with Crippen LogP contribution < -0.4 is 4.90 Å². The first-order valence-corrected chi connectivity index (χ1v) is 4.27. The number of Topliss-reactive ketones (excluding diaryl/α,β-unsaturated/α-hetero) is 1. The van der Waals surface area contributed by atoms with Gasteiger partial charge < -0.3 is 4.90 Å². The van der Waals surface area contributed by atoms with Crippen LogP contribution in [0.2, 0.25) is 0 Å². The van der Waals surface area contributed by atoms with Crippen molar-refractivity contribution in [3.8, 4) is 0 Å². The van der Waals surface area contributed by atoms with Crippen LogP contribution in [-0.2, 0) is 4.79 Å². The Morgan fingerprint density at radius 2 is 2.21 bits per heavy atom. The monoisotopic (exact) mass is 193 g/mol. The van der Waals surface area contributed by atoms with Crippen molar-refractivity contribution in [2.24, 2.45) is 0 Å². The molecule has 0 unspecified atom stereocenters. The third kappa shape index (κ3) is 1.28. The maximum Gasteiger partial charge on any atom is 0.214 e. The van der Waals surface area contributed by atoms with Gasteiger partial charge in [0, 0.05) is 18.5 Å². The Labute approximate surface area is 80.1 Å². The average molecular weight is 193 g/mol. The summed E-state index contributed by atoms with van der Waals surface area (Å²) < 4.78 is 12.8. The predicted molar refractivity (Wildman–Crippen MR) is 48.8 cm³/mol. The summed E-state index contributed by atoms with van der Waals surface area (Å²) in [4.78, 5) is 23.4. The number of amides is 1. The molecule has 72 valence electrons. The molecule has 0 aliphatic carbocycles. The van der Waals surface area contributed by atoms with Gasteiger partial charge in [0.25, 0.3) is 0 Å². The highest BCUT2D eigenvalue weighted by Gasteiger charge is 2.22. The summed E-state index contributed by atoms with van der Waals surface area (Å²) in [6.45, 7) is 0.376. The van der Waals surface area contributed by atoms with Crippen LogP contribution in [0.3, 0.4) is 0 Å². The molecule has 1 aliphatic heterocycles. The molecule has 0 saturated carbocycles. The lowest BCUT2D eigenvalue weighted by molar-refractivity contribution is -0.107. The van der Waals surface area contributed by atoms with E-state index < -0.39 is 5.82 Å². The molecule has 1 aromatic rings. The number of benzene rings is 1. The van der Waals surface area contributed by atoms with E-state index in [4.69, 9.17) is 0 Å². The standard InChI is InChI=1S/C10H8FNO2/c11-7-1-2-9-8(5-7)10(14)3-4-12(9)6-13/h1-2,5-6H,3-4H2. The molecule has 0 radical (unpaired) electrons. The van der Waals surface area contributed by atoms with Gasteiger partial charge in [0.05, 0.1) is 5.69 Å². The largest absolute Gasteiger partial charge is 0.314 e. The minimum atomic E-state index is -0.454. The third-order valence-electron chi connectivity index (χ3n) is 2.28.